The van der Waals surface area contributed by atoms with Gasteiger partial charge in [0.1, 0.15) is 13.2 Å². The molecule has 19 nitrogen and oxygen atoms in total. The molecule has 0 aromatic heterocycles. The van der Waals surface area contributed by atoms with Crippen molar-refractivity contribution < 1.29 is 52.5 Å². The third-order valence-corrected chi connectivity index (χ3v) is 9.41. The van der Waals surface area contributed by atoms with Crippen LogP contribution in [0.2, 0.25) is 0 Å². The Hall–Kier alpha value is -3.82. The summed E-state index contributed by atoms with van der Waals surface area (Å²) in [5, 5.41) is 15.8. The van der Waals surface area contributed by atoms with Crippen LogP contribution in [0.5, 0.6) is 0 Å². The van der Waals surface area contributed by atoms with Crippen LogP contribution in [-0.4, -0.2) is 139 Å². The van der Waals surface area contributed by atoms with Gasteiger partial charge in [-0.3, -0.25) is 33.6 Å². The molecule has 0 saturated heterocycles. The van der Waals surface area contributed by atoms with Crippen molar-refractivity contribution in [1.29, 1.82) is 0 Å². The molecule has 0 bridgehead atoms. The van der Waals surface area contributed by atoms with E-state index in [4.69, 9.17) is 36.1 Å². The van der Waals surface area contributed by atoms with Gasteiger partial charge in [0, 0.05) is 57.4 Å². The molecular weight excluding hydrogens is 837 g/mol. The lowest BCUT2D eigenvalue weighted by Gasteiger charge is -2.13. The van der Waals surface area contributed by atoms with Crippen molar-refractivity contribution in [3.05, 3.63) is 11.5 Å². The van der Waals surface area contributed by atoms with Gasteiger partial charge < -0.3 is 62.7 Å². The fourth-order valence-corrected chi connectivity index (χ4v) is 5.41. The first-order valence-electron chi connectivity index (χ1n) is 21.9. The first-order chi connectivity index (χ1) is 29.7. The molecule has 0 rings (SSSR count). The number of amides is 7. The number of hydrogen-bond donors (Lipinski definition) is 8. The minimum atomic E-state index is -0.618. The third kappa shape index (κ3) is 46.0. The molecule has 0 unspecified atom stereocenters. The zero-order chi connectivity index (χ0) is 46.6. The van der Waals surface area contributed by atoms with Crippen LogP contribution in [0.1, 0.15) is 112 Å². The molecule has 0 fully saturated rings. The minimum absolute atomic E-state index is 0. The molecule has 0 aromatic rings. The average molecular weight is 921 g/mol. The Kier molecular flexibility index (Phi) is 46.5. The van der Waals surface area contributed by atoms with E-state index in [0.29, 0.717) is 71.2 Å². The number of primary amides is 2. The molecular formula is C43H84N8O11S. The van der Waals surface area contributed by atoms with Gasteiger partial charge in [-0.05, 0) is 69.5 Å². The van der Waals surface area contributed by atoms with Crippen molar-refractivity contribution in [2.24, 2.45) is 29.0 Å². The molecule has 0 heterocycles. The smallest absolute Gasteiger partial charge is 0.246 e. The molecule has 0 radical (unpaired) electrons. The Bertz CT molecular complexity index is 1240. The first-order valence-corrected chi connectivity index (χ1v) is 23.2. The molecule has 7 amide bonds. The summed E-state index contributed by atoms with van der Waals surface area (Å²) in [6.45, 7) is 9.06. The molecule has 0 spiro atoms. The zero-order valence-electron chi connectivity index (χ0n) is 37.9. The normalized spacial score (nSPS) is 12.1. The fraction of sp³-hybridized carbons (Fsp3) is 0.791. The zero-order valence-corrected chi connectivity index (χ0v) is 38.7. The monoisotopic (exact) mass is 921 g/mol. The van der Waals surface area contributed by atoms with Crippen LogP contribution in [0.15, 0.2) is 11.5 Å². The van der Waals surface area contributed by atoms with Gasteiger partial charge in [0.25, 0.3) is 0 Å². The number of nitrogens with two attached hydrogens (primary N) is 3. The predicted octanol–water partition coefficient (Wildman–Crippen LogP) is 1.79. The lowest BCUT2D eigenvalue weighted by molar-refractivity contribution is -0.127. The van der Waals surface area contributed by atoms with Crippen LogP contribution in [0.25, 0.3) is 0 Å². The standard InChI is InChI=1S/C37H70N8O11.C5H10S.CH4/c1-28(35(39)50)10-3-6-16-42-33(48)26-55-24-23-54-21-19-44-34(49)27-56-25-22-53-20-18-43-32(47)14-9-13-31(46)41-15-8-5-12-30(38)37(52)45-17-7-4-11-29(2)36(40)51;1-3-4-5-6-2;/h28-30H,3-27,38H2,1-2H3,(H2,39,50)(H2,40,51)(H,41,46)(H,42,48)(H,43,47)(H,44,49)(H,45,52);4-5H,3H2,1-2H3;1H4/t28-,29-,30-;;/m0../s1. The molecule has 0 saturated carbocycles. The SMILES string of the molecule is C.CCC=CSC.C[C@@H](CCCCNC(=O)COCCOCCNC(=O)COCCOCCNC(=O)CCCC(=O)NCCCC[C@H](N)C(=O)NCCCC[C@H](C)C(N)=O)C(N)=O. The highest BCUT2D eigenvalue weighted by Gasteiger charge is 2.13. The van der Waals surface area contributed by atoms with E-state index in [-0.39, 0.29) is 126 Å². The van der Waals surface area contributed by atoms with Crippen molar-refractivity contribution in [3.8, 4) is 0 Å². The summed E-state index contributed by atoms with van der Waals surface area (Å²) in [6.07, 6.45) is 12.5. The third-order valence-electron chi connectivity index (χ3n) is 8.94. The Morgan fingerprint density at radius 2 is 0.937 bits per heavy atom. The lowest BCUT2D eigenvalue weighted by Crippen LogP contribution is -2.41. The average Bonchev–Trinajstić information content (AvgIpc) is 3.24. The number of nitrogens with one attached hydrogen (secondary N) is 5. The number of hydrogen-bond acceptors (Lipinski definition) is 13. The molecule has 0 aromatic carbocycles. The summed E-state index contributed by atoms with van der Waals surface area (Å²) >= 11 is 1.75. The lowest BCUT2D eigenvalue weighted by atomic mass is 10.0. The van der Waals surface area contributed by atoms with E-state index in [2.05, 4.69) is 51.2 Å². The summed E-state index contributed by atoms with van der Waals surface area (Å²) in [4.78, 5) is 81.8. The fourth-order valence-electron chi connectivity index (χ4n) is 5.03. The number of unbranched alkanes of at least 4 members (excludes halogenated alkanes) is 3. The van der Waals surface area contributed by atoms with E-state index in [1.807, 2.05) is 0 Å². The number of allylic oxidation sites excluding steroid dienone is 1. The second kappa shape index (κ2) is 46.2. The van der Waals surface area contributed by atoms with Crippen molar-refractivity contribution in [2.75, 3.05) is 91.8 Å². The molecule has 20 heteroatoms. The molecule has 63 heavy (non-hydrogen) atoms. The maximum absolute atomic E-state index is 12.1. The maximum Gasteiger partial charge on any atom is 0.246 e. The van der Waals surface area contributed by atoms with Gasteiger partial charge in [-0.25, -0.2) is 0 Å². The van der Waals surface area contributed by atoms with Gasteiger partial charge in [0.15, 0.2) is 0 Å². The van der Waals surface area contributed by atoms with Crippen molar-refractivity contribution in [1.82, 2.24) is 26.6 Å². The van der Waals surface area contributed by atoms with E-state index in [9.17, 15) is 33.6 Å². The Morgan fingerprint density at radius 1 is 0.540 bits per heavy atom. The van der Waals surface area contributed by atoms with E-state index >= 15 is 0 Å². The second-order valence-electron chi connectivity index (χ2n) is 14.6. The van der Waals surface area contributed by atoms with Crippen molar-refractivity contribution in [2.45, 2.75) is 118 Å². The summed E-state index contributed by atoms with van der Waals surface area (Å²) in [7, 11) is 0. The molecule has 3 atom stereocenters. The number of carbonyl (C=O) groups excluding carboxylic acids is 7. The summed E-state index contributed by atoms with van der Waals surface area (Å²) in [5.74, 6) is -2.05. The summed E-state index contributed by atoms with van der Waals surface area (Å²) in [6, 6.07) is -0.618. The summed E-state index contributed by atoms with van der Waals surface area (Å²) < 4.78 is 21.3. The van der Waals surface area contributed by atoms with Crippen LogP contribution in [-0.2, 0) is 52.5 Å². The van der Waals surface area contributed by atoms with Gasteiger partial charge in [0.2, 0.25) is 41.4 Å². The molecule has 0 aliphatic rings. The van der Waals surface area contributed by atoms with E-state index in [0.717, 1.165) is 32.1 Å². The van der Waals surface area contributed by atoms with E-state index < -0.39 is 6.04 Å². The van der Waals surface area contributed by atoms with Gasteiger partial charge in [0.05, 0.1) is 45.7 Å². The van der Waals surface area contributed by atoms with Gasteiger partial charge >= 0.3 is 0 Å². The Morgan fingerprint density at radius 3 is 1.37 bits per heavy atom. The molecule has 11 N–H and O–H groups in total. The Labute approximate surface area is 381 Å². The predicted molar refractivity (Wildman–Crippen MR) is 248 cm³/mol. The number of ether oxygens (including phenoxy) is 4. The van der Waals surface area contributed by atoms with Crippen LogP contribution in [0, 0.1) is 11.8 Å². The number of carbonyl (C=O) groups is 7. The first kappa shape index (κ1) is 63.5. The molecule has 0 aliphatic carbocycles. The van der Waals surface area contributed by atoms with Gasteiger partial charge in [-0.2, -0.15) is 0 Å². The van der Waals surface area contributed by atoms with Crippen LogP contribution < -0.4 is 43.8 Å². The Balaban J connectivity index is -0.00000477. The minimum Gasteiger partial charge on any atom is -0.377 e. The van der Waals surface area contributed by atoms with Gasteiger partial charge in [-0.15, -0.1) is 11.8 Å². The highest BCUT2D eigenvalue weighted by Crippen LogP contribution is 2.07. The van der Waals surface area contributed by atoms with Crippen LogP contribution in [0.4, 0.5) is 0 Å². The number of rotatable bonds is 40. The van der Waals surface area contributed by atoms with E-state index in [1.165, 1.54) is 0 Å². The molecule has 0 aliphatic heterocycles. The van der Waals surface area contributed by atoms with Crippen LogP contribution >= 0.6 is 11.8 Å². The number of thioether (sulfide) groups is 1. The van der Waals surface area contributed by atoms with E-state index in [1.54, 1.807) is 25.6 Å². The topological polar surface area (TPSA) is 295 Å². The van der Waals surface area contributed by atoms with Crippen LogP contribution in [0.3, 0.4) is 0 Å². The largest absolute Gasteiger partial charge is 0.377 e. The second-order valence-corrected chi connectivity index (χ2v) is 15.3. The highest BCUT2D eigenvalue weighted by atomic mass is 32.2. The molecule has 368 valence electrons. The van der Waals surface area contributed by atoms with Crippen molar-refractivity contribution >= 4 is 53.1 Å². The highest BCUT2D eigenvalue weighted by molar-refractivity contribution is 8.01. The van der Waals surface area contributed by atoms with Gasteiger partial charge in [-0.1, -0.05) is 47.1 Å². The summed E-state index contributed by atoms with van der Waals surface area (Å²) in [5.41, 5.74) is 16.4. The quantitative estimate of drug-likeness (QED) is 0.0408. The van der Waals surface area contributed by atoms with Crippen molar-refractivity contribution in [3.63, 3.8) is 0 Å². The maximum atomic E-state index is 12.1.